The van der Waals surface area contributed by atoms with E-state index in [0.717, 1.165) is 26.2 Å². The minimum atomic E-state index is -0.00924. The van der Waals surface area contributed by atoms with Crippen molar-refractivity contribution in [2.24, 2.45) is 0 Å². The first kappa shape index (κ1) is 16.6. The maximum atomic E-state index is 12.5. The normalized spacial score (nSPS) is 15.3. The van der Waals surface area contributed by atoms with E-state index in [0.29, 0.717) is 11.8 Å². The molecule has 26 heavy (non-hydrogen) atoms. The van der Waals surface area contributed by atoms with Crippen molar-refractivity contribution in [3.63, 3.8) is 0 Å². The number of carbonyl (C=O) groups excluding carboxylic acids is 1. The van der Waals surface area contributed by atoms with Crippen molar-refractivity contribution >= 4 is 5.91 Å². The molecule has 3 aromatic rings. The summed E-state index contributed by atoms with van der Waals surface area (Å²) in [4.78, 5) is 15.9. The molecular formula is C22H23N2O2+. The van der Waals surface area contributed by atoms with Crippen LogP contribution < -0.4 is 4.90 Å². The standard InChI is InChI=1S/C22H22N2O2/c25-22(20-12-7-17-26-20)24-15-13-23(14-16-24)21(18-8-3-1-4-9-18)19-10-5-2-6-11-19/h1-12,17,21H,13-16H2/p+1. The van der Waals surface area contributed by atoms with Crippen molar-refractivity contribution in [1.29, 1.82) is 0 Å². The van der Waals surface area contributed by atoms with Gasteiger partial charge < -0.3 is 14.2 Å². The zero-order chi connectivity index (χ0) is 17.8. The number of hydrogen-bond acceptors (Lipinski definition) is 2. The highest BCUT2D eigenvalue weighted by molar-refractivity contribution is 5.91. The fourth-order valence-electron chi connectivity index (χ4n) is 3.80. The number of rotatable bonds is 4. The third-order valence-electron chi connectivity index (χ3n) is 5.10. The van der Waals surface area contributed by atoms with Crippen molar-refractivity contribution in [1.82, 2.24) is 4.90 Å². The number of nitrogens with zero attached hydrogens (tertiary/aromatic N) is 1. The van der Waals surface area contributed by atoms with E-state index < -0.39 is 0 Å². The van der Waals surface area contributed by atoms with Gasteiger partial charge in [-0.15, -0.1) is 0 Å². The number of furan rings is 1. The Morgan fingerprint density at radius 3 is 1.92 bits per heavy atom. The minimum absolute atomic E-state index is 0.00924. The molecule has 4 heteroatoms. The number of benzene rings is 2. The molecule has 1 amide bonds. The number of hydrogen-bond donors (Lipinski definition) is 1. The summed E-state index contributed by atoms with van der Waals surface area (Å²) in [6.07, 6.45) is 1.55. The van der Waals surface area contributed by atoms with Crippen LogP contribution in [0.3, 0.4) is 0 Å². The van der Waals surface area contributed by atoms with E-state index >= 15 is 0 Å². The van der Waals surface area contributed by atoms with Gasteiger partial charge in [-0.3, -0.25) is 4.79 Å². The lowest BCUT2D eigenvalue weighted by atomic mass is 9.96. The van der Waals surface area contributed by atoms with Gasteiger partial charge in [0.25, 0.3) is 5.91 Å². The van der Waals surface area contributed by atoms with Gasteiger partial charge in [0.1, 0.15) is 6.04 Å². The van der Waals surface area contributed by atoms with Crippen LogP contribution in [-0.4, -0.2) is 37.0 Å². The van der Waals surface area contributed by atoms with Crippen LogP contribution in [0.15, 0.2) is 83.5 Å². The summed E-state index contributed by atoms with van der Waals surface area (Å²) in [6.45, 7) is 3.32. The van der Waals surface area contributed by atoms with E-state index in [4.69, 9.17) is 4.42 Å². The summed E-state index contributed by atoms with van der Waals surface area (Å²) in [5.74, 6) is 0.418. The molecule has 1 aliphatic rings. The monoisotopic (exact) mass is 347 g/mol. The Morgan fingerprint density at radius 1 is 0.846 bits per heavy atom. The molecule has 1 aromatic heterocycles. The third-order valence-corrected chi connectivity index (χ3v) is 5.10. The molecule has 1 N–H and O–H groups in total. The first-order valence-corrected chi connectivity index (χ1v) is 9.10. The summed E-state index contributed by atoms with van der Waals surface area (Å²) in [5, 5.41) is 0. The average molecular weight is 347 g/mol. The van der Waals surface area contributed by atoms with Crippen LogP contribution in [0.25, 0.3) is 0 Å². The summed E-state index contributed by atoms with van der Waals surface area (Å²) in [5.41, 5.74) is 2.64. The number of nitrogens with one attached hydrogen (secondary N) is 1. The van der Waals surface area contributed by atoms with Gasteiger partial charge in [0.05, 0.1) is 32.4 Å². The SMILES string of the molecule is O=C(c1ccco1)N1CC[NH+](C(c2ccccc2)c2ccccc2)CC1. The molecule has 1 aliphatic heterocycles. The molecule has 0 aliphatic carbocycles. The lowest BCUT2D eigenvalue weighted by Crippen LogP contribution is -3.15. The first-order valence-electron chi connectivity index (χ1n) is 9.10. The molecule has 2 aromatic carbocycles. The lowest BCUT2D eigenvalue weighted by molar-refractivity contribution is -0.929. The van der Waals surface area contributed by atoms with E-state index in [9.17, 15) is 4.79 Å². The molecule has 4 nitrogen and oxygen atoms in total. The fourth-order valence-corrected chi connectivity index (χ4v) is 3.80. The van der Waals surface area contributed by atoms with Crippen LogP contribution in [0.4, 0.5) is 0 Å². The van der Waals surface area contributed by atoms with Crippen molar-refractivity contribution in [2.45, 2.75) is 6.04 Å². The van der Waals surface area contributed by atoms with Gasteiger partial charge in [-0.05, 0) is 12.1 Å². The maximum Gasteiger partial charge on any atom is 0.289 e. The van der Waals surface area contributed by atoms with Crippen molar-refractivity contribution in [3.05, 3.63) is 95.9 Å². The van der Waals surface area contributed by atoms with Crippen molar-refractivity contribution < 1.29 is 14.1 Å². The highest BCUT2D eigenvalue weighted by atomic mass is 16.3. The minimum Gasteiger partial charge on any atom is -0.459 e. The molecule has 2 heterocycles. The topological polar surface area (TPSA) is 37.9 Å². The Bertz CT molecular complexity index is 784. The van der Waals surface area contributed by atoms with Crippen molar-refractivity contribution in [2.75, 3.05) is 26.2 Å². The second-order valence-electron chi connectivity index (χ2n) is 6.68. The molecular weight excluding hydrogens is 324 g/mol. The van der Waals surface area contributed by atoms with Crippen LogP contribution in [0.5, 0.6) is 0 Å². The molecule has 0 atom stereocenters. The summed E-state index contributed by atoms with van der Waals surface area (Å²) in [6, 6.07) is 25.1. The molecule has 0 saturated carbocycles. The Hall–Kier alpha value is -2.85. The summed E-state index contributed by atoms with van der Waals surface area (Å²) in [7, 11) is 0. The van der Waals surface area contributed by atoms with Crippen LogP contribution in [-0.2, 0) is 0 Å². The van der Waals surface area contributed by atoms with Gasteiger partial charge >= 0.3 is 0 Å². The summed E-state index contributed by atoms with van der Waals surface area (Å²) < 4.78 is 5.26. The predicted molar refractivity (Wildman–Crippen MR) is 100 cm³/mol. The number of amides is 1. The number of piperazine rings is 1. The number of quaternary nitrogens is 1. The molecule has 1 fully saturated rings. The van der Waals surface area contributed by atoms with Gasteiger partial charge in [-0.25, -0.2) is 0 Å². The van der Waals surface area contributed by atoms with Crippen molar-refractivity contribution in [3.8, 4) is 0 Å². The second kappa shape index (κ2) is 7.58. The van der Waals surface area contributed by atoms with E-state index in [1.54, 1.807) is 18.4 Å². The Kier molecular flexibility index (Phi) is 4.84. The van der Waals surface area contributed by atoms with Gasteiger partial charge in [0, 0.05) is 11.1 Å². The zero-order valence-electron chi connectivity index (χ0n) is 14.7. The summed E-state index contributed by atoms with van der Waals surface area (Å²) >= 11 is 0. The third kappa shape index (κ3) is 3.41. The predicted octanol–water partition coefficient (Wildman–Crippen LogP) is 2.41. The van der Waals surface area contributed by atoms with E-state index in [-0.39, 0.29) is 5.91 Å². The quantitative estimate of drug-likeness (QED) is 0.787. The molecule has 0 bridgehead atoms. The maximum absolute atomic E-state index is 12.5. The van der Waals surface area contributed by atoms with E-state index in [2.05, 4.69) is 60.7 Å². The molecule has 132 valence electrons. The smallest absolute Gasteiger partial charge is 0.289 e. The van der Waals surface area contributed by atoms with E-state index in [1.807, 2.05) is 4.90 Å². The largest absolute Gasteiger partial charge is 0.459 e. The average Bonchev–Trinajstić information content (AvgIpc) is 3.25. The Labute approximate surface area is 153 Å². The molecule has 0 spiro atoms. The van der Waals surface area contributed by atoms with Gasteiger partial charge in [-0.2, -0.15) is 0 Å². The van der Waals surface area contributed by atoms with Gasteiger partial charge in [0.2, 0.25) is 0 Å². The van der Waals surface area contributed by atoms with E-state index in [1.165, 1.54) is 16.0 Å². The molecule has 1 saturated heterocycles. The van der Waals surface area contributed by atoms with Gasteiger partial charge in [-0.1, -0.05) is 60.7 Å². The Balaban J connectivity index is 1.52. The highest BCUT2D eigenvalue weighted by Crippen LogP contribution is 2.19. The fraction of sp³-hybridized carbons (Fsp3) is 0.227. The molecule has 0 radical (unpaired) electrons. The van der Waals surface area contributed by atoms with Crippen LogP contribution in [0.2, 0.25) is 0 Å². The van der Waals surface area contributed by atoms with Crippen LogP contribution in [0.1, 0.15) is 27.7 Å². The molecule has 4 rings (SSSR count). The first-order chi connectivity index (χ1) is 12.8. The Morgan fingerprint density at radius 2 is 1.42 bits per heavy atom. The highest BCUT2D eigenvalue weighted by Gasteiger charge is 2.32. The molecule has 0 unspecified atom stereocenters. The number of carbonyl (C=O) groups is 1. The lowest BCUT2D eigenvalue weighted by Gasteiger charge is -2.36. The van der Waals surface area contributed by atoms with Gasteiger partial charge in [0.15, 0.2) is 5.76 Å². The van der Waals surface area contributed by atoms with Crippen LogP contribution >= 0.6 is 0 Å². The van der Waals surface area contributed by atoms with Crippen LogP contribution in [0, 0.1) is 0 Å². The zero-order valence-corrected chi connectivity index (χ0v) is 14.7. The second-order valence-corrected chi connectivity index (χ2v) is 6.68.